The zero-order valence-electron chi connectivity index (χ0n) is 8.88. The largest absolute Gasteiger partial charge is 0.396 e. The van der Waals surface area contributed by atoms with Crippen LogP contribution in [0.2, 0.25) is 0 Å². The van der Waals surface area contributed by atoms with Crippen LogP contribution in [0.1, 0.15) is 13.3 Å². The van der Waals surface area contributed by atoms with Crippen molar-refractivity contribution in [2.45, 2.75) is 13.3 Å². The highest BCUT2D eigenvalue weighted by atomic mass is 16.6. The van der Waals surface area contributed by atoms with Crippen molar-refractivity contribution in [1.82, 2.24) is 0 Å². The molecule has 0 aromatic heterocycles. The van der Waals surface area contributed by atoms with Gasteiger partial charge in [-0.3, -0.25) is 15.1 Å². The number of aliphatic hydroxyl groups is 1. The average Bonchev–Trinajstić information content (AvgIpc) is 2.56. The lowest BCUT2D eigenvalue weighted by Gasteiger charge is -2.26. The van der Waals surface area contributed by atoms with Gasteiger partial charge in [0.25, 0.3) is 5.70 Å². The first-order valence-electron chi connectivity index (χ1n) is 5.02. The summed E-state index contributed by atoms with van der Waals surface area (Å²) >= 11 is 0. The minimum atomic E-state index is -0.428. The topological polar surface area (TPSA) is 75.7 Å². The fraction of sp³-hybridized carbons (Fsp3) is 0.364. The molecule has 5 heteroatoms. The van der Waals surface area contributed by atoms with Crippen molar-refractivity contribution in [3.8, 4) is 0 Å². The van der Waals surface area contributed by atoms with Crippen LogP contribution in [0, 0.1) is 15.5 Å². The van der Waals surface area contributed by atoms with Gasteiger partial charge in [0.15, 0.2) is 0 Å². The van der Waals surface area contributed by atoms with Gasteiger partial charge in [0.2, 0.25) is 0 Å². The summed E-state index contributed by atoms with van der Waals surface area (Å²) in [6, 6.07) is 0. The zero-order chi connectivity index (χ0) is 11.8. The maximum Gasteiger partial charge on any atom is 0.271 e. The molecule has 1 atom stereocenters. The molecule has 2 rings (SSSR count). The minimum absolute atomic E-state index is 0.0508. The molecule has 1 unspecified atom stereocenters. The highest BCUT2D eigenvalue weighted by molar-refractivity contribution is 6.06. The van der Waals surface area contributed by atoms with Crippen LogP contribution >= 0.6 is 0 Å². The Balaban J connectivity index is 2.32. The van der Waals surface area contributed by atoms with Gasteiger partial charge in [-0.15, -0.1) is 0 Å². The molecule has 0 radical (unpaired) electrons. The molecule has 0 saturated carbocycles. The molecule has 84 valence electrons. The van der Waals surface area contributed by atoms with Crippen molar-refractivity contribution in [2.75, 3.05) is 6.61 Å². The lowest BCUT2D eigenvalue weighted by molar-refractivity contribution is -0.419. The van der Waals surface area contributed by atoms with Crippen LogP contribution in [0.15, 0.2) is 40.7 Å². The molecule has 1 heterocycles. The van der Waals surface area contributed by atoms with Gasteiger partial charge in [0, 0.05) is 25.0 Å². The second-order valence-corrected chi connectivity index (χ2v) is 4.00. The van der Waals surface area contributed by atoms with E-state index < -0.39 is 4.92 Å². The Bertz CT molecular complexity index is 460. The Kier molecular flexibility index (Phi) is 2.47. The molecule has 1 N–H and O–H groups in total. The SMILES string of the molecule is CC12C=CC([N+](=O)[O-])=CC1=NC=C2CCO. The van der Waals surface area contributed by atoms with Crippen molar-refractivity contribution >= 4 is 5.71 Å². The van der Waals surface area contributed by atoms with E-state index in [0.717, 1.165) is 5.57 Å². The molecule has 0 aromatic carbocycles. The first-order valence-corrected chi connectivity index (χ1v) is 5.02. The van der Waals surface area contributed by atoms with E-state index in [1.807, 2.05) is 6.92 Å². The van der Waals surface area contributed by atoms with Gasteiger partial charge in [-0.1, -0.05) is 6.08 Å². The normalized spacial score (nSPS) is 27.0. The number of hydrogen-bond acceptors (Lipinski definition) is 4. The molecule has 0 spiro atoms. The summed E-state index contributed by atoms with van der Waals surface area (Å²) in [4.78, 5) is 14.4. The number of hydrogen-bond donors (Lipinski definition) is 1. The molecule has 1 aliphatic carbocycles. The quantitative estimate of drug-likeness (QED) is 0.577. The van der Waals surface area contributed by atoms with Crippen LogP contribution in [0.4, 0.5) is 0 Å². The summed E-state index contributed by atoms with van der Waals surface area (Å²) in [5, 5.41) is 19.6. The lowest BCUT2D eigenvalue weighted by atomic mass is 9.75. The Hall–Kier alpha value is -1.75. The van der Waals surface area contributed by atoms with Crippen molar-refractivity contribution < 1.29 is 10.0 Å². The third-order valence-electron chi connectivity index (χ3n) is 3.02. The summed E-state index contributed by atoms with van der Waals surface area (Å²) in [7, 11) is 0. The van der Waals surface area contributed by atoms with E-state index in [4.69, 9.17) is 5.11 Å². The summed E-state index contributed by atoms with van der Waals surface area (Å²) in [5.41, 5.74) is 1.32. The number of aliphatic hydroxyl groups excluding tert-OH is 1. The van der Waals surface area contributed by atoms with Gasteiger partial charge < -0.3 is 5.11 Å². The second kappa shape index (κ2) is 3.68. The molecule has 16 heavy (non-hydrogen) atoms. The number of fused-ring (bicyclic) bond motifs is 1. The Morgan fingerprint density at radius 3 is 3.00 bits per heavy atom. The lowest BCUT2D eigenvalue weighted by Crippen LogP contribution is -2.27. The van der Waals surface area contributed by atoms with Crippen molar-refractivity contribution in [1.29, 1.82) is 0 Å². The number of rotatable bonds is 3. The summed E-state index contributed by atoms with van der Waals surface area (Å²) in [5.74, 6) is 0. The van der Waals surface area contributed by atoms with E-state index in [0.29, 0.717) is 12.1 Å². The monoisotopic (exact) mass is 220 g/mol. The average molecular weight is 220 g/mol. The Labute approximate surface area is 92.7 Å². The van der Waals surface area contributed by atoms with Crippen LogP contribution in [0.25, 0.3) is 0 Å². The third-order valence-corrected chi connectivity index (χ3v) is 3.02. The molecule has 1 aliphatic heterocycles. The van der Waals surface area contributed by atoms with Crippen molar-refractivity contribution in [3.05, 3.63) is 45.8 Å². The molecule has 0 saturated heterocycles. The molecule has 0 aromatic rings. The smallest absolute Gasteiger partial charge is 0.271 e. The van der Waals surface area contributed by atoms with E-state index >= 15 is 0 Å². The van der Waals surface area contributed by atoms with Gasteiger partial charge >= 0.3 is 0 Å². The van der Waals surface area contributed by atoms with Gasteiger partial charge in [0.1, 0.15) is 0 Å². The predicted molar refractivity (Wildman–Crippen MR) is 59.5 cm³/mol. The maximum atomic E-state index is 10.6. The summed E-state index contributed by atoms with van der Waals surface area (Å²) in [6.45, 7) is 2.01. The van der Waals surface area contributed by atoms with Gasteiger partial charge in [-0.2, -0.15) is 0 Å². The van der Waals surface area contributed by atoms with Crippen LogP contribution < -0.4 is 0 Å². The number of nitrogens with zero attached hydrogens (tertiary/aromatic N) is 2. The molecule has 0 bridgehead atoms. The summed E-state index contributed by atoms with van der Waals surface area (Å²) in [6.07, 6.45) is 6.99. The van der Waals surface area contributed by atoms with E-state index in [1.165, 1.54) is 12.2 Å². The van der Waals surface area contributed by atoms with E-state index in [9.17, 15) is 10.1 Å². The number of aliphatic imine (C=N–C) groups is 1. The van der Waals surface area contributed by atoms with Gasteiger partial charge in [-0.25, -0.2) is 0 Å². The summed E-state index contributed by atoms with van der Waals surface area (Å²) < 4.78 is 0. The van der Waals surface area contributed by atoms with Crippen molar-refractivity contribution in [2.24, 2.45) is 10.4 Å². The van der Waals surface area contributed by atoms with Crippen molar-refractivity contribution in [3.63, 3.8) is 0 Å². The standard InChI is InChI=1S/C11H12N2O3/c1-11-4-2-9(13(15)16)6-10(11)12-7-8(11)3-5-14/h2,4,6-7,14H,3,5H2,1H3. The fourth-order valence-corrected chi connectivity index (χ4v) is 1.96. The third kappa shape index (κ3) is 1.49. The van der Waals surface area contributed by atoms with E-state index in [1.54, 1.807) is 12.3 Å². The second-order valence-electron chi connectivity index (χ2n) is 4.00. The first kappa shape index (κ1) is 10.8. The van der Waals surface area contributed by atoms with E-state index in [2.05, 4.69) is 4.99 Å². The molecule has 2 aliphatic rings. The fourth-order valence-electron chi connectivity index (χ4n) is 1.96. The molecule has 0 fully saturated rings. The van der Waals surface area contributed by atoms with Crippen LogP contribution in [0.5, 0.6) is 0 Å². The van der Waals surface area contributed by atoms with Crippen LogP contribution in [-0.2, 0) is 0 Å². The predicted octanol–water partition coefficient (Wildman–Crippen LogP) is 1.44. The zero-order valence-corrected chi connectivity index (χ0v) is 8.88. The highest BCUT2D eigenvalue weighted by Crippen LogP contribution is 2.40. The minimum Gasteiger partial charge on any atom is -0.396 e. The van der Waals surface area contributed by atoms with Crippen LogP contribution in [0.3, 0.4) is 0 Å². The van der Waals surface area contributed by atoms with E-state index in [-0.39, 0.29) is 17.7 Å². The van der Waals surface area contributed by atoms with Gasteiger partial charge in [-0.05, 0) is 18.9 Å². The van der Waals surface area contributed by atoms with Crippen LogP contribution in [-0.4, -0.2) is 22.3 Å². The maximum absolute atomic E-state index is 10.6. The highest BCUT2D eigenvalue weighted by Gasteiger charge is 2.37. The molecule has 0 amide bonds. The molecule has 5 nitrogen and oxygen atoms in total. The Morgan fingerprint density at radius 2 is 2.38 bits per heavy atom. The Morgan fingerprint density at radius 1 is 1.62 bits per heavy atom. The first-order chi connectivity index (χ1) is 7.58. The number of allylic oxidation sites excluding steroid dienone is 3. The molecular formula is C11H12N2O3. The molecular weight excluding hydrogens is 208 g/mol. The number of nitro groups is 1. The van der Waals surface area contributed by atoms with Gasteiger partial charge in [0.05, 0.1) is 16.0 Å².